The van der Waals surface area contributed by atoms with Gasteiger partial charge in [0.1, 0.15) is 0 Å². The highest BCUT2D eigenvalue weighted by Crippen LogP contribution is 2.26. The van der Waals surface area contributed by atoms with Gasteiger partial charge in [-0.25, -0.2) is 0 Å². The zero-order valence-corrected chi connectivity index (χ0v) is 8.52. The fraction of sp³-hybridized carbons (Fsp3) is 1.00. The van der Waals surface area contributed by atoms with E-state index in [4.69, 9.17) is 5.73 Å². The van der Waals surface area contributed by atoms with Gasteiger partial charge in [-0.2, -0.15) is 11.8 Å². The second-order valence-corrected chi connectivity index (χ2v) is 5.19. The van der Waals surface area contributed by atoms with Crippen LogP contribution in [-0.2, 0) is 0 Å². The fourth-order valence-corrected chi connectivity index (χ4v) is 2.76. The third-order valence-corrected chi connectivity index (χ3v) is 4.43. The Morgan fingerprint density at radius 2 is 2.17 bits per heavy atom. The third-order valence-electron chi connectivity index (χ3n) is 3.18. The molecular formula is C9H18N2S. The molecule has 0 aromatic rings. The Bertz CT molecular complexity index is 159. The second-order valence-electron chi connectivity index (χ2n) is 4.12. The van der Waals surface area contributed by atoms with Crippen LogP contribution in [0.15, 0.2) is 0 Å². The number of rotatable bonds is 1. The number of thioether (sulfide) groups is 1. The quantitative estimate of drug-likeness (QED) is 0.656. The highest BCUT2D eigenvalue weighted by molar-refractivity contribution is 8.00. The molecule has 70 valence electrons. The Kier molecular flexibility index (Phi) is 2.63. The molecule has 0 aromatic carbocycles. The minimum atomic E-state index is 0.421. The van der Waals surface area contributed by atoms with Gasteiger partial charge in [-0.1, -0.05) is 6.92 Å². The second kappa shape index (κ2) is 3.56. The summed E-state index contributed by atoms with van der Waals surface area (Å²) in [5, 5.41) is 0. The third kappa shape index (κ3) is 1.63. The van der Waals surface area contributed by atoms with Crippen LogP contribution < -0.4 is 5.73 Å². The number of likely N-dealkylation sites (tertiary alicyclic amines) is 1. The maximum atomic E-state index is 6.04. The van der Waals surface area contributed by atoms with E-state index >= 15 is 0 Å². The Balaban J connectivity index is 1.84. The van der Waals surface area contributed by atoms with E-state index in [-0.39, 0.29) is 0 Å². The molecule has 2 rings (SSSR count). The van der Waals surface area contributed by atoms with Crippen molar-refractivity contribution in [1.29, 1.82) is 0 Å². The molecule has 2 aliphatic rings. The lowest BCUT2D eigenvalue weighted by Crippen LogP contribution is -2.54. The van der Waals surface area contributed by atoms with Crippen molar-refractivity contribution >= 4 is 11.8 Å². The highest BCUT2D eigenvalue weighted by Gasteiger charge is 2.31. The summed E-state index contributed by atoms with van der Waals surface area (Å²) in [6, 6.07) is 1.28. The van der Waals surface area contributed by atoms with E-state index < -0.39 is 0 Å². The van der Waals surface area contributed by atoms with Crippen molar-refractivity contribution in [1.82, 2.24) is 4.90 Å². The minimum absolute atomic E-state index is 0.421. The zero-order valence-electron chi connectivity index (χ0n) is 7.70. The molecule has 0 aromatic heterocycles. The summed E-state index contributed by atoms with van der Waals surface area (Å²) >= 11 is 2.06. The molecular weight excluding hydrogens is 168 g/mol. The van der Waals surface area contributed by atoms with Crippen molar-refractivity contribution in [3.8, 4) is 0 Å². The van der Waals surface area contributed by atoms with Crippen molar-refractivity contribution in [3.05, 3.63) is 0 Å². The lowest BCUT2D eigenvalue weighted by atomic mass is 9.93. The van der Waals surface area contributed by atoms with Crippen molar-refractivity contribution in [3.63, 3.8) is 0 Å². The Labute approximate surface area is 78.9 Å². The molecule has 3 heteroatoms. The van der Waals surface area contributed by atoms with Crippen LogP contribution in [0.4, 0.5) is 0 Å². The molecule has 0 aliphatic carbocycles. The number of nitrogens with zero attached hydrogens (tertiary/aromatic N) is 1. The van der Waals surface area contributed by atoms with Gasteiger partial charge in [0.2, 0.25) is 0 Å². The first-order valence-corrected chi connectivity index (χ1v) is 6.00. The van der Waals surface area contributed by atoms with E-state index in [1.165, 1.54) is 24.5 Å². The van der Waals surface area contributed by atoms with Gasteiger partial charge in [0.05, 0.1) is 0 Å². The summed E-state index contributed by atoms with van der Waals surface area (Å²) in [6.45, 7) is 4.68. The number of hydrogen-bond donors (Lipinski definition) is 1. The zero-order chi connectivity index (χ0) is 8.55. The van der Waals surface area contributed by atoms with Crippen LogP contribution >= 0.6 is 11.8 Å². The van der Waals surface area contributed by atoms with E-state index in [2.05, 4.69) is 23.6 Å². The molecule has 0 spiro atoms. The van der Waals surface area contributed by atoms with E-state index in [9.17, 15) is 0 Å². The normalized spacial score (nSPS) is 39.5. The van der Waals surface area contributed by atoms with Gasteiger partial charge in [-0.3, -0.25) is 4.90 Å². The SMILES string of the molecule is CC1CCN(C2CSC2)CC1N. The summed E-state index contributed by atoms with van der Waals surface area (Å²) in [5.74, 6) is 3.40. The lowest BCUT2D eigenvalue weighted by molar-refractivity contribution is 0.136. The molecule has 2 fully saturated rings. The van der Waals surface area contributed by atoms with Crippen molar-refractivity contribution in [2.75, 3.05) is 24.6 Å². The summed E-state index contributed by atoms with van der Waals surface area (Å²) in [4.78, 5) is 2.58. The van der Waals surface area contributed by atoms with Gasteiger partial charge in [0.15, 0.2) is 0 Å². The smallest absolute Gasteiger partial charge is 0.0277 e. The fourth-order valence-electron chi connectivity index (χ4n) is 1.89. The van der Waals surface area contributed by atoms with E-state index in [0.29, 0.717) is 6.04 Å². The molecule has 0 saturated carbocycles. The van der Waals surface area contributed by atoms with Crippen LogP contribution in [0, 0.1) is 5.92 Å². The standard InChI is InChI=1S/C9H18N2S/c1-7-2-3-11(4-9(7)10)8-5-12-6-8/h7-9H,2-6,10H2,1H3. The maximum Gasteiger partial charge on any atom is 0.0277 e. The minimum Gasteiger partial charge on any atom is -0.326 e. The Hall–Kier alpha value is 0.270. The van der Waals surface area contributed by atoms with Crippen LogP contribution in [0.25, 0.3) is 0 Å². The molecule has 0 amide bonds. The summed E-state index contributed by atoms with van der Waals surface area (Å²) in [5.41, 5.74) is 6.04. The monoisotopic (exact) mass is 186 g/mol. The van der Waals surface area contributed by atoms with Gasteiger partial charge in [-0.05, 0) is 18.9 Å². The molecule has 0 radical (unpaired) electrons. The molecule has 12 heavy (non-hydrogen) atoms. The summed E-state index contributed by atoms with van der Waals surface area (Å²) < 4.78 is 0. The molecule has 2 unspecified atom stereocenters. The number of hydrogen-bond acceptors (Lipinski definition) is 3. The van der Waals surface area contributed by atoms with E-state index in [1.807, 2.05) is 0 Å². The van der Waals surface area contributed by atoms with Crippen LogP contribution in [0.3, 0.4) is 0 Å². The van der Waals surface area contributed by atoms with Crippen LogP contribution in [-0.4, -0.2) is 41.6 Å². The topological polar surface area (TPSA) is 29.3 Å². The van der Waals surface area contributed by atoms with Gasteiger partial charge >= 0.3 is 0 Å². The Morgan fingerprint density at radius 1 is 1.42 bits per heavy atom. The van der Waals surface area contributed by atoms with Gasteiger partial charge in [0.25, 0.3) is 0 Å². The molecule has 2 heterocycles. The first-order valence-electron chi connectivity index (χ1n) is 4.85. The molecule has 2 atom stereocenters. The molecule has 2 N–H and O–H groups in total. The van der Waals surface area contributed by atoms with Gasteiger partial charge in [0, 0.05) is 30.1 Å². The summed E-state index contributed by atoms with van der Waals surface area (Å²) in [6.07, 6.45) is 1.29. The van der Waals surface area contributed by atoms with Crippen molar-refractivity contribution < 1.29 is 0 Å². The first-order chi connectivity index (χ1) is 5.77. The van der Waals surface area contributed by atoms with Crippen LogP contribution in [0.1, 0.15) is 13.3 Å². The predicted octanol–water partition coefficient (Wildman–Crippen LogP) is 0.771. The predicted molar refractivity (Wildman–Crippen MR) is 54.4 cm³/mol. The maximum absolute atomic E-state index is 6.04. The van der Waals surface area contributed by atoms with Crippen molar-refractivity contribution in [2.45, 2.75) is 25.4 Å². The molecule has 2 aliphatic heterocycles. The average Bonchev–Trinajstić information content (AvgIpc) is 1.93. The first kappa shape index (κ1) is 8.85. The molecule has 2 nitrogen and oxygen atoms in total. The molecule has 2 saturated heterocycles. The van der Waals surface area contributed by atoms with E-state index in [0.717, 1.165) is 18.5 Å². The summed E-state index contributed by atoms with van der Waals surface area (Å²) in [7, 11) is 0. The van der Waals surface area contributed by atoms with Gasteiger partial charge < -0.3 is 5.73 Å². The van der Waals surface area contributed by atoms with Crippen LogP contribution in [0.2, 0.25) is 0 Å². The van der Waals surface area contributed by atoms with Crippen LogP contribution in [0.5, 0.6) is 0 Å². The lowest BCUT2D eigenvalue weighted by Gasteiger charge is -2.43. The Morgan fingerprint density at radius 3 is 2.67 bits per heavy atom. The van der Waals surface area contributed by atoms with Crippen molar-refractivity contribution in [2.24, 2.45) is 11.7 Å². The largest absolute Gasteiger partial charge is 0.326 e. The van der Waals surface area contributed by atoms with Gasteiger partial charge in [-0.15, -0.1) is 0 Å². The number of piperidine rings is 1. The highest BCUT2D eigenvalue weighted by atomic mass is 32.2. The molecule has 0 bridgehead atoms. The van der Waals surface area contributed by atoms with E-state index in [1.54, 1.807) is 0 Å². The average molecular weight is 186 g/mol. The number of nitrogens with two attached hydrogens (primary N) is 1.